The highest BCUT2D eigenvalue weighted by atomic mass is 32.2. The van der Waals surface area contributed by atoms with Gasteiger partial charge in [-0.15, -0.1) is 0 Å². The molecule has 7 heteroatoms. The van der Waals surface area contributed by atoms with Crippen molar-refractivity contribution < 1.29 is 28.2 Å². The SMILES string of the molecule is COc1ccc(C(=O)OCC(=O)OC2(c3cccc(F)c3)CCCC2)cc1[S+](c1ccccc1)c1ccccc1. The highest BCUT2D eigenvalue weighted by Gasteiger charge is 2.40. The van der Waals surface area contributed by atoms with Gasteiger partial charge in [-0.3, -0.25) is 0 Å². The van der Waals surface area contributed by atoms with Crippen LogP contribution in [0.15, 0.2) is 118 Å². The minimum atomic E-state index is -0.904. The molecule has 0 spiro atoms. The van der Waals surface area contributed by atoms with Crippen molar-refractivity contribution in [3.8, 4) is 5.75 Å². The van der Waals surface area contributed by atoms with Crippen LogP contribution >= 0.6 is 0 Å². The fourth-order valence-electron chi connectivity index (χ4n) is 5.09. The Hall–Kier alpha value is -4.10. The lowest BCUT2D eigenvalue weighted by Gasteiger charge is -2.29. The van der Waals surface area contributed by atoms with Crippen molar-refractivity contribution in [1.29, 1.82) is 0 Å². The van der Waals surface area contributed by atoms with Crippen molar-refractivity contribution in [3.05, 3.63) is 120 Å². The number of methoxy groups -OCH3 is 1. The van der Waals surface area contributed by atoms with Crippen molar-refractivity contribution in [1.82, 2.24) is 0 Å². The van der Waals surface area contributed by atoms with Crippen LogP contribution in [0.25, 0.3) is 0 Å². The second kappa shape index (κ2) is 12.4. The predicted molar refractivity (Wildman–Crippen MR) is 151 cm³/mol. The molecule has 0 atom stereocenters. The molecule has 1 aliphatic rings. The Labute approximate surface area is 236 Å². The van der Waals surface area contributed by atoms with Crippen molar-refractivity contribution in [2.24, 2.45) is 0 Å². The Morgan fingerprint density at radius 1 is 0.825 bits per heavy atom. The number of ether oxygens (including phenoxy) is 3. The van der Waals surface area contributed by atoms with Crippen LogP contribution in [0.5, 0.6) is 5.75 Å². The largest absolute Gasteiger partial charge is 0.491 e. The van der Waals surface area contributed by atoms with Crippen LogP contribution in [0.3, 0.4) is 0 Å². The molecule has 0 amide bonds. The van der Waals surface area contributed by atoms with Gasteiger partial charge in [-0.05, 0) is 79.8 Å². The zero-order valence-corrected chi connectivity index (χ0v) is 23.0. The third-order valence-electron chi connectivity index (χ3n) is 6.97. The van der Waals surface area contributed by atoms with E-state index in [1.165, 1.54) is 12.1 Å². The predicted octanol–water partition coefficient (Wildman–Crippen LogP) is 7.10. The second-order valence-corrected chi connectivity index (χ2v) is 11.6. The summed E-state index contributed by atoms with van der Waals surface area (Å²) in [5.41, 5.74) is 0.0190. The van der Waals surface area contributed by atoms with Gasteiger partial charge in [0.05, 0.1) is 12.7 Å². The molecule has 0 saturated heterocycles. The van der Waals surface area contributed by atoms with E-state index in [0.717, 1.165) is 27.5 Å². The standard InChI is InChI=1S/C33H30FO5S/c1-37-29-18-17-24(21-30(29)40(27-13-4-2-5-14-27)28-15-6-3-7-16-28)32(36)38-23-31(35)39-33(19-8-9-20-33)25-11-10-12-26(34)22-25/h2-7,10-18,21-22H,8-9,19-20,23H2,1H3/q+1. The summed E-state index contributed by atoms with van der Waals surface area (Å²) in [5, 5.41) is 0. The highest BCUT2D eigenvalue weighted by molar-refractivity contribution is 7.97. The fourth-order valence-corrected chi connectivity index (χ4v) is 7.33. The number of rotatable bonds is 9. The van der Waals surface area contributed by atoms with Crippen LogP contribution in [0.2, 0.25) is 0 Å². The normalized spacial score (nSPS) is 14.1. The average molecular weight is 558 g/mol. The molecule has 4 aromatic carbocycles. The molecule has 40 heavy (non-hydrogen) atoms. The van der Waals surface area contributed by atoms with Crippen LogP contribution in [0.1, 0.15) is 41.6 Å². The maximum atomic E-state index is 13.9. The molecular formula is C33H30FO5S+. The van der Waals surface area contributed by atoms with Gasteiger partial charge in [-0.2, -0.15) is 0 Å². The lowest BCUT2D eigenvalue weighted by atomic mass is 9.92. The first kappa shape index (κ1) is 27.5. The Kier molecular flexibility index (Phi) is 8.51. The van der Waals surface area contributed by atoms with Crippen LogP contribution in [-0.2, 0) is 30.8 Å². The van der Waals surface area contributed by atoms with E-state index in [9.17, 15) is 14.0 Å². The summed E-state index contributed by atoms with van der Waals surface area (Å²) >= 11 is 0. The molecule has 5 nitrogen and oxygen atoms in total. The van der Waals surface area contributed by atoms with E-state index in [-0.39, 0.29) is 5.82 Å². The number of carbonyl (C=O) groups excluding carboxylic acids is 2. The maximum Gasteiger partial charge on any atom is 0.345 e. The Bertz CT molecular complexity index is 1430. The zero-order chi connectivity index (χ0) is 28.0. The van der Waals surface area contributed by atoms with E-state index < -0.39 is 35.0 Å². The molecule has 0 unspecified atom stereocenters. The molecule has 0 N–H and O–H groups in total. The molecule has 0 aliphatic heterocycles. The lowest BCUT2D eigenvalue weighted by Crippen LogP contribution is -2.31. The van der Waals surface area contributed by atoms with Crippen molar-refractivity contribution in [2.45, 2.75) is 46.0 Å². The minimum Gasteiger partial charge on any atom is -0.491 e. The number of hydrogen-bond acceptors (Lipinski definition) is 5. The summed E-state index contributed by atoms with van der Waals surface area (Å²) in [5.74, 6) is -1.05. The highest BCUT2D eigenvalue weighted by Crippen LogP contribution is 2.42. The molecule has 1 aliphatic carbocycles. The minimum absolute atomic E-state index is 0.300. The first-order valence-electron chi connectivity index (χ1n) is 13.2. The third-order valence-corrected chi connectivity index (χ3v) is 9.22. The summed E-state index contributed by atoms with van der Waals surface area (Å²) in [6.45, 7) is -0.541. The van der Waals surface area contributed by atoms with Gasteiger partial charge in [0, 0.05) is 6.07 Å². The van der Waals surface area contributed by atoms with Gasteiger partial charge in [0.15, 0.2) is 22.1 Å². The molecule has 4 aromatic rings. The summed E-state index contributed by atoms with van der Waals surface area (Å²) in [7, 11) is 1.05. The average Bonchev–Trinajstić information content (AvgIpc) is 3.47. The molecule has 1 fully saturated rings. The van der Waals surface area contributed by atoms with Gasteiger partial charge >= 0.3 is 11.9 Å². The van der Waals surface area contributed by atoms with Gasteiger partial charge in [-0.25, -0.2) is 14.0 Å². The Balaban J connectivity index is 1.36. The fraction of sp³-hybridized carbons (Fsp3) is 0.212. The first-order valence-corrected chi connectivity index (χ1v) is 14.4. The monoisotopic (exact) mass is 557 g/mol. The van der Waals surface area contributed by atoms with E-state index in [1.807, 2.05) is 60.7 Å². The quantitative estimate of drug-likeness (QED) is 0.162. The van der Waals surface area contributed by atoms with Crippen LogP contribution in [0.4, 0.5) is 4.39 Å². The number of hydrogen-bond donors (Lipinski definition) is 0. The van der Waals surface area contributed by atoms with Crippen molar-refractivity contribution >= 4 is 22.8 Å². The van der Waals surface area contributed by atoms with Crippen LogP contribution < -0.4 is 4.74 Å². The third kappa shape index (κ3) is 6.05. The Morgan fingerprint density at radius 2 is 1.48 bits per heavy atom. The number of esters is 2. The number of halogens is 1. The van der Waals surface area contributed by atoms with Gasteiger partial charge < -0.3 is 14.2 Å². The smallest absolute Gasteiger partial charge is 0.345 e. The summed E-state index contributed by atoms with van der Waals surface area (Å²) < 4.78 is 30.8. The molecular weight excluding hydrogens is 527 g/mol. The van der Waals surface area contributed by atoms with E-state index in [4.69, 9.17) is 14.2 Å². The maximum absolute atomic E-state index is 13.9. The Morgan fingerprint density at radius 3 is 2.08 bits per heavy atom. The summed E-state index contributed by atoms with van der Waals surface area (Å²) in [6, 6.07) is 31.3. The number of benzene rings is 4. The van der Waals surface area contributed by atoms with Gasteiger partial charge in [0.1, 0.15) is 22.3 Å². The van der Waals surface area contributed by atoms with Crippen LogP contribution in [-0.4, -0.2) is 25.7 Å². The molecule has 0 heterocycles. The van der Waals surface area contributed by atoms with Crippen molar-refractivity contribution in [2.75, 3.05) is 13.7 Å². The lowest BCUT2D eigenvalue weighted by molar-refractivity contribution is -0.164. The van der Waals surface area contributed by atoms with Crippen molar-refractivity contribution in [3.63, 3.8) is 0 Å². The van der Waals surface area contributed by atoms with E-state index in [1.54, 1.807) is 37.4 Å². The van der Waals surface area contributed by atoms with Gasteiger partial charge in [0.25, 0.3) is 0 Å². The van der Waals surface area contributed by atoms with Crippen LogP contribution in [0, 0.1) is 5.82 Å². The number of carbonyl (C=O) groups is 2. The summed E-state index contributed by atoms with van der Waals surface area (Å²) in [6.07, 6.45) is 2.92. The summed E-state index contributed by atoms with van der Waals surface area (Å²) in [4.78, 5) is 28.9. The first-order chi connectivity index (χ1) is 19.5. The topological polar surface area (TPSA) is 61.8 Å². The molecule has 0 aromatic heterocycles. The molecule has 5 rings (SSSR count). The zero-order valence-electron chi connectivity index (χ0n) is 22.2. The van der Waals surface area contributed by atoms with E-state index in [2.05, 4.69) is 0 Å². The second-order valence-electron chi connectivity index (χ2n) is 9.56. The van der Waals surface area contributed by atoms with E-state index >= 15 is 0 Å². The molecule has 0 radical (unpaired) electrons. The van der Waals surface area contributed by atoms with E-state index in [0.29, 0.717) is 29.7 Å². The molecule has 0 bridgehead atoms. The van der Waals surface area contributed by atoms with Gasteiger partial charge in [0.2, 0.25) is 4.90 Å². The van der Waals surface area contributed by atoms with Gasteiger partial charge in [-0.1, -0.05) is 48.5 Å². The molecule has 204 valence electrons. The molecule has 1 saturated carbocycles.